The Hall–Kier alpha value is 2.43. The molecule has 0 aliphatic rings. The van der Waals surface area contributed by atoms with Gasteiger partial charge in [0.25, 0.3) is 0 Å². The van der Waals surface area contributed by atoms with Crippen LogP contribution in [-0.2, 0) is 17.1 Å². The average molecular weight is 336 g/mol. The molecule has 0 fully saturated rings. The molecule has 8 radical (unpaired) electrons. The van der Waals surface area contributed by atoms with Gasteiger partial charge in [-0.3, -0.25) is 0 Å². The van der Waals surface area contributed by atoms with Crippen molar-refractivity contribution in [3.05, 3.63) is 0 Å². The smallest absolute Gasteiger partial charge is 0 e. The van der Waals surface area contributed by atoms with E-state index in [-0.39, 0.29) is 77.0 Å². The Labute approximate surface area is 76.1 Å². The zero-order chi connectivity index (χ0) is 0. The van der Waals surface area contributed by atoms with Gasteiger partial charge in [0.2, 0.25) is 0 Å². The summed E-state index contributed by atoms with van der Waals surface area (Å²) < 4.78 is 0. The van der Waals surface area contributed by atoms with E-state index in [4.69, 9.17) is 0 Å². The minimum absolute atomic E-state index is 0. The van der Waals surface area contributed by atoms with Gasteiger partial charge < -0.3 is 0 Å². The molecule has 4 heavy (non-hydrogen) atoms. The van der Waals surface area contributed by atoms with Crippen LogP contribution in [-0.4, -0.2) is 60.0 Å². The van der Waals surface area contributed by atoms with Crippen molar-refractivity contribution in [3.8, 4) is 0 Å². The maximum Gasteiger partial charge on any atom is 0 e. The molecule has 0 atom stereocenters. The number of hydrogen-bond donors (Lipinski definition) is 0. The quantitative estimate of drug-likeness (QED) is 0.491. The van der Waals surface area contributed by atoms with Crippen molar-refractivity contribution in [2.75, 3.05) is 0 Å². The molecule has 0 saturated heterocycles. The molecule has 0 aromatic rings. The van der Waals surface area contributed by atoms with Crippen molar-refractivity contribution in [2.45, 2.75) is 0 Å². The van der Waals surface area contributed by atoms with Crippen LogP contribution in [0.3, 0.4) is 0 Å². The third-order valence-corrected chi connectivity index (χ3v) is 0. The van der Waals surface area contributed by atoms with Gasteiger partial charge in [-0.2, -0.15) is 0 Å². The predicted molar refractivity (Wildman–Crippen MR) is 17.3 cm³/mol. The van der Waals surface area contributed by atoms with Crippen LogP contribution in [0.1, 0.15) is 0 Å². The second-order valence-electron chi connectivity index (χ2n) is 0. The molecule has 0 aliphatic heterocycles. The van der Waals surface area contributed by atoms with Gasteiger partial charge in [-0.15, -0.1) is 0 Å². The van der Waals surface area contributed by atoms with Crippen LogP contribution in [0.5, 0.6) is 0 Å². The summed E-state index contributed by atoms with van der Waals surface area (Å²) in [5, 5.41) is 0. The Bertz CT molecular complexity index is 6.00. The molecule has 0 saturated carbocycles. The summed E-state index contributed by atoms with van der Waals surface area (Å²) in [5.74, 6) is 0. The zero-order valence-electron chi connectivity index (χ0n) is 1.70. The van der Waals surface area contributed by atoms with Crippen molar-refractivity contribution < 1.29 is 17.1 Å². The SMILES string of the molecule is [Cu].[In].[Se].[Se]. The molecule has 0 aromatic heterocycles. The monoisotopic (exact) mass is 338 g/mol. The molecular formula is CuInSe2. The van der Waals surface area contributed by atoms with E-state index in [0.717, 1.165) is 0 Å². The van der Waals surface area contributed by atoms with Crippen LogP contribution in [0.25, 0.3) is 0 Å². The maximum atomic E-state index is 0. The Kier molecular flexibility index (Phi) is 145. The topological polar surface area (TPSA) is 0 Å². The summed E-state index contributed by atoms with van der Waals surface area (Å²) in [4.78, 5) is 0. The van der Waals surface area contributed by atoms with Gasteiger partial charge in [0.1, 0.15) is 0 Å². The van der Waals surface area contributed by atoms with Crippen LogP contribution >= 0.6 is 0 Å². The number of hydrogen-bond acceptors (Lipinski definition) is 0. The molecule has 4 heteroatoms. The fourth-order valence-electron chi connectivity index (χ4n) is 0. The summed E-state index contributed by atoms with van der Waals surface area (Å²) in [6.07, 6.45) is 0. The van der Waals surface area contributed by atoms with Crippen molar-refractivity contribution in [1.82, 2.24) is 0 Å². The Balaban J connectivity index is 0. The average Bonchev–Trinajstić information content (AvgIpc) is 0. The van der Waals surface area contributed by atoms with E-state index in [1.807, 2.05) is 0 Å². The normalized spacial score (nSPS) is 0. The molecule has 0 bridgehead atoms. The molecule has 0 amide bonds. The van der Waals surface area contributed by atoms with Gasteiger partial charge in [0, 0.05) is 77.0 Å². The molecule has 0 unspecified atom stereocenters. The molecule has 0 rings (SSSR count). The number of rotatable bonds is 0. The molecule has 0 nitrogen and oxygen atoms in total. The van der Waals surface area contributed by atoms with Gasteiger partial charge in [-0.05, 0) is 0 Å². The zero-order valence-corrected chi connectivity index (χ0v) is 9.36. The van der Waals surface area contributed by atoms with E-state index < -0.39 is 0 Å². The van der Waals surface area contributed by atoms with Crippen molar-refractivity contribution in [2.24, 2.45) is 0 Å². The minimum Gasteiger partial charge on any atom is 0 e. The van der Waals surface area contributed by atoms with E-state index in [2.05, 4.69) is 0 Å². The Morgan fingerprint density at radius 1 is 0.750 bits per heavy atom. The summed E-state index contributed by atoms with van der Waals surface area (Å²) in [6.45, 7) is 0. The first-order chi connectivity index (χ1) is 0. The first-order valence-electron chi connectivity index (χ1n) is 0. The van der Waals surface area contributed by atoms with E-state index in [1.54, 1.807) is 0 Å². The minimum atomic E-state index is 0. The molecule has 26 valence electrons. The fourth-order valence-corrected chi connectivity index (χ4v) is 0. The molecule has 0 aromatic carbocycles. The van der Waals surface area contributed by atoms with Gasteiger partial charge in [-0.25, -0.2) is 0 Å². The third kappa shape index (κ3) is 8.83. The van der Waals surface area contributed by atoms with Gasteiger partial charge in [0.15, 0.2) is 0 Å². The molecule has 0 heterocycles. The predicted octanol–water partition coefficient (Wildman–Crippen LogP) is -1.14. The van der Waals surface area contributed by atoms with E-state index in [9.17, 15) is 0 Å². The van der Waals surface area contributed by atoms with Crippen molar-refractivity contribution in [1.29, 1.82) is 0 Å². The van der Waals surface area contributed by atoms with Crippen LogP contribution in [0, 0.1) is 0 Å². The summed E-state index contributed by atoms with van der Waals surface area (Å²) in [7, 11) is 0. The van der Waals surface area contributed by atoms with E-state index in [0.29, 0.717) is 0 Å². The Morgan fingerprint density at radius 3 is 0.750 bits per heavy atom. The molecular weight excluding hydrogens is 336 g/mol. The Morgan fingerprint density at radius 2 is 0.750 bits per heavy atom. The van der Waals surface area contributed by atoms with E-state index >= 15 is 0 Å². The molecule has 0 N–H and O–H groups in total. The second-order valence-corrected chi connectivity index (χ2v) is 0. The second kappa shape index (κ2) is 18.1. The third-order valence-electron chi connectivity index (χ3n) is 0. The molecule has 0 spiro atoms. The van der Waals surface area contributed by atoms with E-state index in [1.165, 1.54) is 0 Å². The van der Waals surface area contributed by atoms with Crippen LogP contribution in [0.4, 0.5) is 0 Å². The summed E-state index contributed by atoms with van der Waals surface area (Å²) >= 11 is 0. The first-order valence-corrected chi connectivity index (χ1v) is 0. The van der Waals surface area contributed by atoms with Crippen LogP contribution < -0.4 is 0 Å². The van der Waals surface area contributed by atoms with Gasteiger partial charge in [0.05, 0.1) is 0 Å². The van der Waals surface area contributed by atoms with Gasteiger partial charge in [-0.1, -0.05) is 0 Å². The fraction of sp³-hybridized carbons (Fsp3) is 0. The summed E-state index contributed by atoms with van der Waals surface area (Å²) in [5.41, 5.74) is 0. The standard InChI is InChI=1S/Cu.In.2Se. The van der Waals surface area contributed by atoms with Crippen LogP contribution in [0.2, 0.25) is 0 Å². The maximum absolute atomic E-state index is 0. The first kappa shape index (κ1) is 32.1. The summed E-state index contributed by atoms with van der Waals surface area (Å²) in [6, 6.07) is 0. The van der Waals surface area contributed by atoms with Crippen molar-refractivity contribution in [3.63, 3.8) is 0 Å². The van der Waals surface area contributed by atoms with Crippen LogP contribution in [0.15, 0.2) is 0 Å². The largest absolute Gasteiger partial charge is 0 e. The van der Waals surface area contributed by atoms with Gasteiger partial charge >= 0.3 is 0 Å². The molecule has 0 aliphatic carbocycles. The van der Waals surface area contributed by atoms with Crippen molar-refractivity contribution >= 4 is 60.0 Å².